The average molecular weight is 246 g/mol. The predicted octanol–water partition coefficient (Wildman–Crippen LogP) is 2.68. The Balaban J connectivity index is 1.97. The Kier molecular flexibility index (Phi) is 3.26. The van der Waals surface area contributed by atoms with Crippen LogP contribution in [0.2, 0.25) is 0 Å². The van der Waals surface area contributed by atoms with E-state index in [1.807, 2.05) is 34.6 Å². The molecule has 1 aliphatic carbocycles. The van der Waals surface area contributed by atoms with Gasteiger partial charge in [-0.3, -0.25) is 0 Å². The first kappa shape index (κ1) is 13.2. The van der Waals surface area contributed by atoms with E-state index in [0.29, 0.717) is 13.0 Å². The topological polar surface area (TPSA) is 27.7 Å². The zero-order valence-corrected chi connectivity index (χ0v) is 11.3. The lowest BCUT2D eigenvalue weighted by atomic mass is 10.1. The van der Waals surface area contributed by atoms with Crippen molar-refractivity contribution in [1.29, 1.82) is 0 Å². The van der Waals surface area contributed by atoms with Crippen LogP contribution < -0.4 is 0 Å². The summed E-state index contributed by atoms with van der Waals surface area (Å²) in [5, 5.41) is 0. The van der Waals surface area contributed by atoms with E-state index in [9.17, 15) is 4.39 Å². The molecule has 0 amide bonds. The summed E-state index contributed by atoms with van der Waals surface area (Å²) in [7, 11) is 0. The standard InChI is InChI=1S/C13H23FO3/c1-12(2,3)15-7-8-6-9(14)11-10(8)16-13(4,5)17-11/h8-11H,6-7H2,1-5H3/t8-,9-,10-,11+/m1/s1. The Morgan fingerprint density at radius 2 is 1.82 bits per heavy atom. The average Bonchev–Trinajstić information content (AvgIpc) is 2.58. The molecule has 3 nitrogen and oxygen atoms in total. The van der Waals surface area contributed by atoms with Crippen molar-refractivity contribution in [3.8, 4) is 0 Å². The van der Waals surface area contributed by atoms with Gasteiger partial charge in [0.05, 0.1) is 18.3 Å². The van der Waals surface area contributed by atoms with Crippen LogP contribution in [-0.2, 0) is 14.2 Å². The summed E-state index contributed by atoms with van der Waals surface area (Å²) in [5.41, 5.74) is -0.196. The second-order valence-electron chi connectivity index (χ2n) is 6.50. The van der Waals surface area contributed by atoms with Crippen molar-refractivity contribution in [3.05, 3.63) is 0 Å². The van der Waals surface area contributed by atoms with Gasteiger partial charge in [0.15, 0.2) is 5.79 Å². The molecule has 0 aromatic rings. The van der Waals surface area contributed by atoms with Crippen molar-refractivity contribution >= 4 is 0 Å². The minimum absolute atomic E-state index is 0.0935. The molecule has 1 saturated carbocycles. The number of ether oxygens (including phenoxy) is 3. The maximum absolute atomic E-state index is 13.8. The van der Waals surface area contributed by atoms with Crippen molar-refractivity contribution in [3.63, 3.8) is 0 Å². The first-order valence-corrected chi connectivity index (χ1v) is 6.32. The molecule has 2 aliphatic rings. The lowest BCUT2D eigenvalue weighted by Crippen LogP contribution is -2.31. The van der Waals surface area contributed by atoms with Crippen LogP contribution in [0.3, 0.4) is 0 Å². The van der Waals surface area contributed by atoms with E-state index in [0.717, 1.165) is 0 Å². The highest BCUT2D eigenvalue weighted by atomic mass is 19.1. The Morgan fingerprint density at radius 1 is 1.24 bits per heavy atom. The molecule has 4 atom stereocenters. The van der Waals surface area contributed by atoms with Gasteiger partial charge in [0.2, 0.25) is 0 Å². The summed E-state index contributed by atoms with van der Waals surface area (Å²) in [6, 6.07) is 0. The first-order chi connectivity index (χ1) is 7.68. The molecule has 2 fully saturated rings. The SMILES string of the molecule is CC(C)(C)OC[C@H]1C[C@@H](F)[C@@H]2OC(C)(C)O[C@H]12. The van der Waals surface area contributed by atoms with Crippen LogP contribution in [0.1, 0.15) is 41.0 Å². The van der Waals surface area contributed by atoms with Crippen LogP contribution in [0.5, 0.6) is 0 Å². The van der Waals surface area contributed by atoms with E-state index in [-0.39, 0.29) is 17.6 Å². The zero-order chi connectivity index (χ0) is 12.8. The fraction of sp³-hybridized carbons (Fsp3) is 1.00. The van der Waals surface area contributed by atoms with Gasteiger partial charge < -0.3 is 14.2 Å². The highest BCUT2D eigenvalue weighted by Crippen LogP contribution is 2.43. The predicted molar refractivity (Wildman–Crippen MR) is 62.5 cm³/mol. The van der Waals surface area contributed by atoms with Gasteiger partial charge in [0.25, 0.3) is 0 Å². The molecule has 100 valence electrons. The molecule has 1 aliphatic heterocycles. The van der Waals surface area contributed by atoms with Crippen LogP contribution in [0, 0.1) is 5.92 Å². The number of halogens is 1. The van der Waals surface area contributed by atoms with Crippen LogP contribution in [0.15, 0.2) is 0 Å². The van der Waals surface area contributed by atoms with E-state index in [1.165, 1.54) is 0 Å². The van der Waals surface area contributed by atoms with Crippen molar-refractivity contribution in [2.24, 2.45) is 5.92 Å². The molecule has 0 N–H and O–H groups in total. The maximum atomic E-state index is 13.8. The molecule has 4 heteroatoms. The second kappa shape index (κ2) is 4.18. The molecule has 0 aromatic heterocycles. The summed E-state index contributed by atoms with van der Waals surface area (Å²) in [6.45, 7) is 10.2. The van der Waals surface area contributed by atoms with Crippen LogP contribution in [0.4, 0.5) is 4.39 Å². The third kappa shape index (κ3) is 2.98. The maximum Gasteiger partial charge on any atom is 0.163 e. The van der Waals surface area contributed by atoms with Crippen molar-refractivity contribution in [2.45, 2.75) is 70.8 Å². The highest BCUT2D eigenvalue weighted by molar-refractivity contribution is 4.98. The fourth-order valence-electron chi connectivity index (χ4n) is 2.54. The molecule has 1 saturated heterocycles. The molecule has 0 radical (unpaired) electrons. The summed E-state index contributed by atoms with van der Waals surface area (Å²) in [5.74, 6) is -0.573. The minimum atomic E-state index is -0.935. The van der Waals surface area contributed by atoms with E-state index in [4.69, 9.17) is 14.2 Å². The fourth-order valence-corrected chi connectivity index (χ4v) is 2.54. The molecule has 1 heterocycles. The third-order valence-electron chi connectivity index (χ3n) is 3.24. The minimum Gasteiger partial charge on any atom is -0.375 e. The Hall–Kier alpha value is -0.190. The largest absolute Gasteiger partial charge is 0.375 e. The Bertz CT molecular complexity index is 285. The number of alkyl halides is 1. The van der Waals surface area contributed by atoms with Crippen molar-refractivity contribution < 1.29 is 18.6 Å². The molecular weight excluding hydrogens is 223 g/mol. The van der Waals surface area contributed by atoms with Gasteiger partial charge in [-0.1, -0.05) is 0 Å². The Morgan fingerprint density at radius 3 is 2.41 bits per heavy atom. The highest BCUT2D eigenvalue weighted by Gasteiger charge is 2.54. The van der Waals surface area contributed by atoms with Gasteiger partial charge in [-0.05, 0) is 41.0 Å². The first-order valence-electron chi connectivity index (χ1n) is 6.32. The second-order valence-corrected chi connectivity index (χ2v) is 6.50. The summed E-state index contributed by atoms with van der Waals surface area (Å²) < 4.78 is 30.9. The summed E-state index contributed by atoms with van der Waals surface area (Å²) >= 11 is 0. The van der Waals surface area contributed by atoms with Gasteiger partial charge in [-0.25, -0.2) is 4.39 Å². The number of hydrogen-bond donors (Lipinski definition) is 0. The van der Waals surface area contributed by atoms with Gasteiger partial charge in [-0.15, -0.1) is 0 Å². The van der Waals surface area contributed by atoms with Gasteiger partial charge >= 0.3 is 0 Å². The number of fused-ring (bicyclic) bond motifs is 1. The normalized spacial score (nSPS) is 40.6. The van der Waals surface area contributed by atoms with Crippen molar-refractivity contribution in [1.82, 2.24) is 0 Å². The molecule has 2 rings (SSSR count). The van der Waals surface area contributed by atoms with E-state index < -0.39 is 18.1 Å². The summed E-state index contributed by atoms with van der Waals surface area (Å²) in [4.78, 5) is 0. The van der Waals surface area contributed by atoms with Crippen LogP contribution in [0.25, 0.3) is 0 Å². The number of rotatable bonds is 2. The molecule has 0 spiro atoms. The number of hydrogen-bond acceptors (Lipinski definition) is 3. The van der Waals surface area contributed by atoms with Gasteiger partial charge in [0.1, 0.15) is 12.3 Å². The van der Waals surface area contributed by atoms with Crippen LogP contribution in [-0.4, -0.2) is 36.4 Å². The molecule has 0 aromatic carbocycles. The molecular formula is C13H23FO3. The quantitative estimate of drug-likeness (QED) is 0.749. The van der Waals surface area contributed by atoms with Crippen molar-refractivity contribution in [2.75, 3.05) is 6.61 Å². The van der Waals surface area contributed by atoms with E-state index >= 15 is 0 Å². The molecule has 17 heavy (non-hydrogen) atoms. The lowest BCUT2D eigenvalue weighted by molar-refractivity contribution is -0.166. The lowest BCUT2D eigenvalue weighted by Gasteiger charge is -2.25. The third-order valence-corrected chi connectivity index (χ3v) is 3.24. The van der Waals surface area contributed by atoms with Crippen LogP contribution >= 0.6 is 0 Å². The smallest absolute Gasteiger partial charge is 0.163 e. The van der Waals surface area contributed by atoms with E-state index in [1.54, 1.807) is 0 Å². The van der Waals surface area contributed by atoms with E-state index in [2.05, 4.69) is 0 Å². The molecule has 0 unspecified atom stereocenters. The zero-order valence-electron chi connectivity index (χ0n) is 11.3. The summed E-state index contributed by atoms with van der Waals surface area (Å²) in [6.07, 6.45) is -1.04. The van der Waals surface area contributed by atoms with Gasteiger partial charge in [-0.2, -0.15) is 0 Å². The van der Waals surface area contributed by atoms with Gasteiger partial charge in [0, 0.05) is 5.92 Å². The monoisotopic (exact) mass is 246 g/mol. The Labute approximate surface area is 103 Å². The molecule has 0 bridgehead atoms.